The molecule has 5 heteroatoms. The first kappa shape index (κ1) is 13.2. The fraction of sp³-hybridized carbons (Fsp3) is 0.400. The largest absolute Gasteiger partial charge is 0.260 e. The third kappa shape index (κ3) is 2.04. The van der Waals surface area contributed by atoms with Crippen LogP contribution >= 0.6 is 35.1 Å². The second-order valence-corrected chi connectivity index (χ2v) is 8.00. The molecule has 0 aromatic heterocycles. The van der Waals surface area contributed by atoms with Crippen LogP contribution in [0.4, 0.5) is 4.39 Å². The fourth-order valence-electron chi connectivity index (χ4n) is 3.12. The van der Waals surface area contributed by atoms with Crippen molar-refractivity contribution in [2.24, 2.45) is 4.99 Å². The van der Waals surface area contributed by atoms with Crippen molar-refractivity contribution >= 4 is 40.8 Å². The average molecular weight is 326 g/mol. The van der Waals surface area contributed by atoms with E-state index in [1.54, 1.807) is 6.07 Å². The number of hydrogen-bond donors (Lipinski definition) is 0. The first-order chi connectivity index (χ1) is 9.74. The highest BCUT2D eigenvalue weighted by molar-refractivity contribution is 8.03. The van der Waals surface area contributed by atoms with E-state index in [2.05, 4.69) is 0 Å². The van der Waals surface area contributed by atoms with E-state index in [1.807, 2.05) is 29.6 Å². The number of benzene rings is 1. The van der Waals surface area contributed by atoms with Gasteiger partial charge in [0.25, 0.3) is 0 Å². The summed E-state index contributed by atoms with van der Waals surface area (Å²) in [6, 6.07) is 5.17. The van der Waals surface area contributed by atoms with E-state index in [0.29, 0.717) is 11.2 Å². The Morgan fingerprint density at radius 2 is 2.15 bits per heavy atom. The highest BCUT2D eigenvalue weighted by atomic mass is 35.5. The Morgan fingerprint density at radius 3 is 3.00 bits per heavy atom. The summed E-state index contributed by atoms with van der Waals surface area (Å²) in [5, 5.41) is 0.639. The Balaban J connectivity index is 1.82. The van der Waals surface area contributed by atoms with Crippen LogP contribution in [0.1, 0.15) is 24.3 Å². The summed E-state index contributed by atoms with van der Waals surface area (Å²) in [7, 11) is 0. The Hall–Kier alpha value is -0.450. The fourth-order valence-corrected chi connectivity index (χ4v) is 6.11. The molecule has 1 aromatic carbocycles. The minimum atomic E-state index is -0.340. The Bertz CT molecular complexity index is 641. The number of thioether (sulfide) groups is 2. The zero-order chi connectivity index (χ0) is 13.7. The van der Waals surface area contributed by atoms with Crippen LogP contribution in [0.2, 0.25) is 5.02 Å². The highest BCUT2D eigenvalue weighted by Gasteiger charge is 2.40. The standard InChI is InChI=1S/C15H13ClFNS2/c16-9-7-8(1-2-10(9)17)13-14-11(3-5-19-14)18-12-4-6-20-15(12)13/h1-2,7,13-14H,3-6H2. The zero-order valence-corrected chi connectivity index (χ0v) is 13.1. The summed E-state index contributed by atoms with van der Waals surface area (Å²) >= 11 is 9.87. The molecule has 3 aliphatic rings. The van der Waals surface area contributed by atoms with Gasteiger partial charge in [-0.05, 0) is 36.3 Å². The molecule has 1 aromatic rings. The van der Waals surface area contributed by atoms with E-state index >= 15 is 0 Å². The second kappa shape index (κ2) is 5.08. The van der Waals surface area contributed by atoms with Crippen molar-refractivity contribution in [3.8, 4) is 0 Å². The van der Waals surface area contributed by atoms with Crippen molar-refractivity contribution in [1.29, 1.82) is 0 Å². The SMILES string of the molecule is Fc1ccc(C2C3=C(CCS3)N=C3CCSC32)cc1Cl. The Labute approximate surface area is 131 Å². The third-order valence-corrected chi connectivity index (χ3v) is 6.87. The molecular weight excluding hydrogens is 313 g/mol. The molecule has 0 radical (unpaired) electrons. The quantitative estimate of drug-likeness (QED) is 0.730. The molecule has 0 saturated carbocycles. The highest BCUT2D eigenvalue weighted by Crippen LogP contribution is 2.52. The van der Waals surface area contributed by atoms with Crippen molar-refractivity contribution in [1.82, 2.24) is 0 Å². The Kier molecular flexibility index (Phi) is 3.36. The van der Waals surface area contributed by atoms with Gasteiger partial charge in [0, 0.05) is 22.3 Å². The lowest BCUT2D eigenvalue weighted by atomic mass is 9.88. The van der Waals surface area contributed by atoms with Crippen molar-refractivity contribution in [3.63, 3.8) is 0 Å². The van der Waals surface area contributed by atoms with Gasteiger partial charge in [-0.15, -0.1) is 11.8 Å². The molecule has 3 heterocycles. The molecule has 104 valence electrons. The number of rotatable bonds is 1. The van der Waals surface area contributed by atoms with E-state index in [9.17, 15) is 4.39 Å². The lowest BCUT2D eigenvalue weighted by Crippen LogP contribution is -2.25. The van der Waals surface area contributed by atoms with Gasteiger partial charge in [-0.1, -0.05) is 17.7 Å². The van der Waals surface area contributed by atoms with E-state index in [0.717, 1.165) is 29.9 Å². The van der Waals surface area contributed by atoms with Gasteiger partial charge in [0.2, 0.25) is 0 Å². The van der Waals surface area contributed by atoms with Gasteiger partial charge in [-0.25, -0.2) is 4.39 Å². The van der Waals surface area contributed by atoms with Crippen LogP contribution < -0.4 is 0 Å². The van der Waals surface area contributed by atoms with Gasteiger partial charge < -0.3 is 0 Å². The van der Waals surface area contributed by atoms with Crippen LogP contribution in [0.15, 0.2) is 33.8 Å². The predicted octanol–water partition coefficient (Wildman–Crippen LogP) is 4.87. The smallest absolute Gasteiger partial charge is 0.141 e. The van der Waals surface area contributed by atoms with Crippen molar-refractivity contribution < 1.29 is 4.39 Å². The van der Waals surface area contributed by atoms with Gasteiger partial charge in [-0.2, -0.15) is 11.8 Å². The van der Waals surface area contributed by atoms with Gasteiger partial charge in [0.1, 0.15) is 5.82 Å². The summed E-state index contributed by atoms with van der Waals surface area (Å²) in [4.78, 5) is 6.25. The Morgan fingerprint density at radius 1 is 1.25 bits per heavy atom. The number of halogens is 2. The van der Waals surface area contributed by atoms with Crippen LogP contribution in [0.3, 0.4) is 0 Å². The van der Waals surface area contributed by atoms with Crippen molar-refractivity contribution in [2.45, 2.75) is 24.0 Å². The van der Waals surface area contributed by atoms with E-state index in [1.165, 1.54) is 22.4 Å². The number of fused-ring (bicyclic) bond motifs is 1. The molecule has 2 atom stereocenters. The van der Waals surface area contributed by atoms with Gasteiger partial charge in [-0.3, -0.25) is 4.99 Å². The van der Waals surface area contributed by atoms with Crippen LogP contribution in [0.25, 0.3) is 0 Å². The maximum atomic E-state index is 13.4. The van der Waals surface area contributed by atoms with Crippen LogP contribution in [0.5, 0.6) is 0 Å². The topological polar surface area (TPSA) is 12.4 Å². The van der Waals surface area contributed by atoms with E-state index < -0.39 is 0 Å². The first-order valence-electron chi connectivity index (χ1n) is 6.74. The monoisotopic (exact) mass is 325 g/mol. The molecule has 0 amide bonds. The maximum absolute atomic E-state index is 13.4. The second-order valence-electron chi connectivity index (χ2n) is 5.21. The molecule has 0 bridgehead atoms. The molecule has 4 rings (SSSR count). The minimum absolute atomic E-state index is 0.222. The number of aliphatic imine (C=N–C) groups is 1. The molecule has 20 heavy (non-hydrogen) atoms. The zero-order valence-electron chi connectivity index (χ0n) is 10.7. The summed E-state index contributed by atoms with van der Waals surface area (Å²) in [5.41, 5.74) is 3.71. The van der Waals surface area contributed by atoms with Crippen molar-refractivity contribution in [3.05, 3.63) is 45.2 Å². The normalized spacial score (nSPS) is 28.4. The maximum Gasteiger partial charge on any atom is 0.141 e. The molecule has 0 spiro atoms. The number of allylic oxidation sites excluding steroid dienone is 2. The first-order valence-corrected chi connectivity index (χ1v) is 9.15. The molecule has 2 unspecified atom stereocenters. The molecule has 1 saturated heterocycles. The van der Waals surface area contributed by atoms with Crippen molar-refractivity contribution in [2.75, 3.05) is 11.5 Å². The minimum Gasteiger partial charge on any atom is -0.260 e. The average Bonchev–Trinajstić information content (AvgIpc) is 3.07. The summed E-state index contributed by atoms with van der Waals surface area (Å²) in [5.74, 6) is 2.23. The van der Waals surface area contributed by atoms with Crippen LogP contribution in [-0.4, -0.2) is 22.5 Å². The predicted molar refractivity (Wildman–Crippen MR) is 86.6 cm³/mol. The summed E-state index contributed by atoms with van der Waals surface area (Å²) < 4.78 is 13.4. The lowest BCUT2D eigenvalue weighted by molar-refractivity contribution is 0.627. The van der Waals surface area contributed by atoms with Crippen LogP contribution in [0, 0.1) is 5.82 Å². The molecule has 0 N–H and O–H groups in total. The van der Waals surface area contributed by atoms with Crippen LogP contribution in [-0.2, 0) is 0 Å². The molecular formula is C15H13ClFNS2. The lowest BCUT2D eigenvalue weighted by Gasteiger charge is -2.29. The van der Waals surface area contributed by atoms with Gasteiger partial charge in [0.15, 0.2) is 0 Å². The van der Waals surface area contributed by atoms with E-state index in [4.69, 9.17) is 16.6 Å². The van der Waals surface area contributed by atoms with Gasteiger partial charge >= 0.3 is 0 Å². The molecule has 1 fully saturated rings. The summed E-state index contributed by atoms with van der Waals surface area (Å²) in [6.45, 7) is 0. The molecule has 3 aliphatic heterocycles. The molecule has 0 aliphatic carbocycles. The third-order valence-electron chi connectivity index (χ3n) is 4.03. The van der Waals surface area contributed by atoms with E-state index in [-0.39, 0.29) is 10.8 Å². The van der Waals surface area contributed by atoms with Gasteiger partial charge in [0.05, 0.1) is 16.0 Å². The molecule has 1 nitrogen and oxygen atoms in total. The summed E-state index contributed by atoms with van der Waals surface area (Å²) in [6.07, 6.45) is 2.15. The number of nitrogens with zero attached hydrogens (tertiary/aromatic N) is 1. The number of hydrogen-bond acceptors (Lipinski definition) is 3.